The number of esters is 2. The van der Waals surface area contributed by atoms with Crippen molar-refractivity contribution >= 4 is 17.9 Å². The summed E-state index contributed by atoms with van der Waals surface area (Å²) in [6, 6.07) is 0. The van der Waals surface area contributed by atoms with E-state index in [1.807, 2.05) is 0 Å². The highest BCUT2D eigenvalue weighted by Gasteiger charge is 2.54. The fraction of sp³-hybridized carbons (Fsp3) is 0.800. The summed E-state index contributed by atoms with van der Waals surface area (Å²) in [4.78, 5) is 45.0. The van der Waals surface area contributed by atoms with Crippen LogP contribution >= 0.6 is 0 Å². The lowest BCUT2D eigenvalue weighted by Crippen LogP contribution is -2.40. The zero-order chi connectivity index (χ0) is 14.6. The smallest absolute Gasteiger partial charge is 0.348 e. The van der Waals surface area contributed by atoms with Crippen LogP contribution in [0, 0.1) is 29.6 Å². The van der Waals surface area contributed by atoms with Gasteiger partial charge >= 0.3 is 17.9 Å². The van der Waals surface area contributed by atoms with Crippen LogP contribution < -0.4 is 0 Å². The molecule has 2 saturated carbocycles. The predicted octanol–water partition coefficient (Wildman–Crippen LogP) is 1.38. The molecule has 0 aromatic heterocycles. The van der Waals surface area contributed by atoms with Crippen molar-refractivity contribution < 1.29 is 28.9 Å². The van der Waals surface area contributed by atoms with Gasteiger partial charge in [0.25, 0.3) is 0 Å². The summed E-state index contributed by atoms with van der Waals surface area (Å²) in [7, 11) is 0. The molecule has 0 amide bonds. The summed E-state index contributed by atoms with van der Waals surface area (Å²) in [5, 5.41) is 0. The third-order valence-corrected chi connectivity index (χ3v) is 5.72. The summed E-state index contributed by atoms with van der Waals surface area (Å²) >= 11 is 0. The van der Waals surface area contributed by atoms with Gasteiger partial charge in [0.05, 0.1) is 17.8 Å². The summed E-state index contributed by atoms with van der Waals surface area (Å²) in [6.07, 6.45) is 4.81. The van der Waals surface area contributed by atoms with E-state index in [4.69, 9.17) is 9.62 Å². The molecule has 2 aliphatic carbocycles. The van der Waals surface area contributed by atoms with Crippen molar-refractivity contribution in [3.05, 3.63) is 0 Å². The lowest BCUT2D eigenvalue weighted by molar-refractivity contribution is -0.266. The van der Waals surface area contributed by atoms with E-state index < -0.39 is 0 Å². The van der Waals surface area contributed by atoms with E-state index in [1.54, 1.807) is 0 Å². The SMILES string of the molecule is O=C1OOC2CC(C3CCCC4C(=O)OC(=O)C43)CCC12. The van der Waals surface area contributed by atoms with Crippen molar-refractivity contribution in [1.82, 2.24) is 0 Å². The maximum atomic E-state index is 12.0. The van der Waals surface area contributed by atoms with Gasteiger partial charge < -0.3 is 4.74 Å². The molecular formula is C15H18O6. The van der Waals surface area contributed by atoms with E-state index in [0.29, 0.717) is 5.92 Å². The third-order valence-electron chi connectivity index (χ3n) is 5.72. The van der Waals surface area contributed by atoms with Gasteiger partial charge in [0.15, 0.2) is 0 Å². The molecule has 6 unspecified atom stereocenters. The fourth-order valence-corrected chi connectivity index (χ4v) is 4.70. The highest BCUT2D eigenvalue weighted by molar-refractivity contribution is 5.96. The molecule has 0 aromatic rings. The fourth-order valence-electron chi connectivity index (χ4n) is 4.70. The monoisotopic (exact) mass is 294 g/mol. The Morgan fingerprint density at radius 3 is 2.57 bits per heavy atom. The maximum absolute atomic E-state index is 12.0. The largest absolute Gasteiger partial charge is 0.393 e. The standard InChI is InChI=1S/C15H18O6/c16-13-10-3-1-2-8(12(10)15(18)19-13)7-4-5-9-11(6-7)20-21-14(9)17/h7-12H,1-6H2. The first kappa shape index (κ1) is 13.2. The topological polar surface area (TPSA) is 78.9 Å². The van der Waals surface area contributed by atoms with Crippen LogP contribution in [0.1, 0.15) is 38.5 Å². The van der Waals surface area contributed by atoms with Crippen LogP contribution in [0.25, 0.3) is 0 Å². The third kappa shape index (κ3) is 1.99. The van der Waals surface area contributed by atoms with Crippen molar-refractivity contribution in [3.63, 3.8) is 0 Å². The molecule has 6 atom stereocenters. The molecule has 0 bridgehead atoms. The van der Waals surface area contributed by atoms with Crippen LogP contribution in [0.4, 0.5) is 0 Å². The van der Waals surface area contributed by atoms with Gasteiger partial charge in [0.1, 0.15) is 6.10 Å². The molecule has 0 radical (unpaired) electrons. The Balaban J connectivity index is 1.52. The number of ether oxygens (including phenoxy) is 1. The molecule has 21 heavy (non-hydrogen) atoms. The van der Waals surface area contributed by atoms with Gasteiger partial charge in [-0.1, -0.05) is 6.42 Å². The molecule has 2 saturated heterocycles. The van der Waals surface area contributed by atoms with Crippen molar-refractivity contribution in [2.45, 2.75) is 44.6 Å². The van der Waals surface area contributed by atoms with Crippen molar-refractivity contribution in [3.8, 4) is 0 Å². The first-order chi connectivity index (χ1) is 10.1. The minimum atomic E-state index is -0.350. The highest BCUT2D eigenvalue weighted by Crippen LogP contribution is 2.49. The van der Waals surface area contributed by atoms with E-state index in [-0.39, 0.29) is 47.7 Å². The Morgan fingerprint density at radius 1 is 0.857 bits per heavy atom. The maximum Gasteiger partial charge on any atom is 0.348 e. The van der Waals surface area contributed by atoms with Crippen molar-refractivity contribution in [2.24, 2.45) is 29.6 Å². The van der Waals surface area contributed by atoms with Crippen LogP contribution in [0.15, 0.2) is 0 Å². The van der Waals surface area contributed by atoms with Crippen LogP contribution in [0.3, 0.4) is 0 Å². The van der Waals surface area contributed by atoms with Gasteiger partial charge in [-0.25, -0.2) is 4.79 Å². The first-order valence-corrected chi connectivity index (χ1v) is 7.78. The molecule has 6 heteroatoms. The Morgan fingerprint density at radius 2 is 1.71 bits per heavy atom. The summed E-state index contributed by atoms with van der Waals surface area (Å²) < 4.78 is 4.85. The van der Waals surface area contributed by atoms with Gasteiger partial charge in [-0.05, 0) is 43.9 Å². The van der Waals surface area contributed by atoms with Crippen molar-refractivity contribution in [2.75, 3.05) is 0 Å². The molecule has 0 N–H and O–H groups in total. The second-order valence-corrected chi connectivity index (χ2v) is 6.68. The van der Waals surface area contributed by atoms with Crippen LogP contribution in [-0.4, -0.2) is 24.0 Å². The molecule has 0 spiro atoms. The van der Waals surface area contributed by atoms with Crippen LogP contribution in [0.5, 0.6) is 0 Å². The zero-order valence-corrected chi connectivity index (χ0v) is 11.7. The lowest BCUT2D eigenvalue weighted by Gasteiger charge is -2.39. The molecule has 4 rings (SSSR count). The second kappa shape index (κ2) is 4.80. The average Bonchev–Trinajstić information content (AvgIpc) is 3.00. The number of hydrogen-bond acceptors (Lipinski definition) is 6. The highest BCUT2D eigenvalue weighted by atomic mass is 17.2. The van der Waals surface area contributed by atoms with E-state index >= 15 is 0 Å². The van der Waals surface area contributed by atoms with Crippen LogP contribution in [-0.2, 0) is 28.9 Å². The zero-order valence-electron chi connectivity index (χ0n) is 11.7. The minimum absolute atomic E-state index is 0.155. The molecule has 0 aromatic carbocycles. The molecule has 4 fully saturated rings. The molecule has 2 aliphatic heterocycles. The Hall–Kier alpha value is -1.43. The number of cyclic esters (lactones) is 2. The molecule has 2 heterocycles. The normalized spacial score (nSPS) is 45.8. The number of rotatable bonds is 1. The molecular weight excluding hydrogens is 276 g/mol. The van der Waals surface area contributed by atoms with Gasteiger partial charge in [-0.15, -0.1) is 0 Å². The number of carbonyl (C=O) groups excluding carboxylic acids is 3. The van der Waals surface area contributed by atoms with Crippen LogP contribution in [0.2, 0.25) is 0 Å². The molecule has 4 aliphatic rings. The molecule has 114 valence electrons. The number of fused-ring (bicyclic) bond motifs is 2. The van der Waals surface area contributed by atoms with E-state index in [2.05, 4.69) is 4.89 Å². The number of carbonyl (C=O) groups is 3. The van der Waals surface area contributed by atoms with E-state index in [9.17, 15) is 14.4 Å². The lowest BCUT2D eigenvalue weighted by atomic mass is 9.63. The minimum Gasteiger partial charge on any atom is -0.393 e. The van der Waals surface area contributed by atoms with Gasteiger partial charge in [-0.3, -0.25) is 14.5 Å². The first-order valence-electron chi connectivity index (χ1n) is 7.78. The Kier molecular flexibility index (Phi) is 3.03. The Bertz CT molecular complexity index is 500. The van der Waals surface area contributed by atoms with Gasteiger partial charge in [0, 0.05) is 0 Å². The van der Waals surface area contributed by atoms with Gasteiger partial charge in [-0.2, -0.15) is 4.89 Å². The summed E-state index contributed by atoms with van der Waals surface area (Å²) in [5.74, 6) is -1.19. The number of hydrogen-bond donors (Lipinski definition) is 0. The summed E-state index contributed by atoms with van der Waals surface area (Å²) in [6.45, 7) is 0. The summed E-state index contributed by atoms with van der Waals surface area (Å²) in [5.41, 5.74) is 0. The van der Waals surface area contributed by atoms with Gasteiger partial charge in [0.2, 0.25) is 0 Å². The quantitative estimate of drug-likeness (QED) is 0.413. The predicted molar refractivity (Wildman–Crippen MR) is 67.2 cm³/mol. The molecule has 6 nitrogen and oxygen atoms in total. The average molecular weight is 294 g/mol. The van der Waals surface area contributed by atoms with Crippen molar-refractivity contribution in [1.29, 1.82) is 0 Å². The van der Waals surface area contributed by atoms with E-state index in [0.717, 1.165) is 38.5 Å². The Labute approximate surface area is 122 Å². The van der Waals surface area contributed by atoms with E-state index in [1.165, 1.54) is 0 Å². The second-order valence-electron chi connectivity index (χ2n) is 6.68.